The molecule has 1 fully saturated rings. The van der Waals surface area contributed by atoms with E-state index < -0.39 is 12.6 Å². The summed E-state index contributed by atoms with van der Waals surface area (Å²) < 4.78 is 44.9. The van der Waals surface area contributed by atoms with Gasteiger partial charge in [-0.3, -0.25) is 4.79 Å². The molecule has 1 unspecified atom stereocenters. The Hall–Kier alpha value is -2.62. The van der Waals surface area contributed by atoms with Crippen molar-refractivity contribution in [3.05, 3.63) is 24.0 Å². The van der Waals surface area contributed by atoms with Gasteiger partial charge in [-0.2, -0.15) is 18.2 Å². The molecule has 2 aromatic heterocycles. The van der Waals surface area contributed by atoms with Crippen molar-refractivity contribution in [3.63, 3.8) is 0 Å². The predicted octanol–water partition coefficient (Wildman–Crippen LogP) is 5.02. The van der Waals surface area contributed by atoms with E-state index in [1.165, 1.54) is 0 Å². The van der Waals surface area contributed by atoms with Crippen LogP contribution in [-0.4, -0.2) is 51.0 Å². The molecule has 0 saturated heterocycles. The lowest BCUT2D eigenvalue weighted by atomic mass is 9.87. The molecular formula is C24H31F3N4O3. The minimum absolute atomic E-state index is 0.141. The molecule has 2 N–H and O–H groups in total. The second-order valence-electron chi connectivity index (χ2n) is 9.09. The lowest BCUT2D eigenvalue weighted by molar-refractivity contribution is -0.148. The van der Waals surface area contributed by atoms with Crippen LogP contribution in [0, 0.1) is 5.92 Å². The van der Waals surface area contributed by atoms with Crippen LogP contribution in [0.1, 0.15) is 69.9 Å². The van der Waals surface area contributed by atoms with Gasteiger partial charge in [-0.1, -0.05) is 6.08 Å². The van der Waals surface area contributed by atoms with Gasteiger partial charge in [0.25, 0.3) is 0 Å². The van der Waals surface area contributed by atoms with Crippen LogP contribution < -0.4 is 5.32 Å². The molecule has 0 bridgehead atoms. The van der Waals surface area contributed by atoms with E-state index in [4.69, 9.17) is 4.74 Å². The first-order chi connectivity index (χ1) is 16.2. The van der Waals surface area contributed by atoms with E-state index >= 15 is 0 Å². The molecule has 34 heavy (non-hydrogen) atoms. The number of aliphatic hydroxyl groups excluding tert-OH is 1. The number of aromatic nitrogens is 3. The highest BCUT2D eigenvalue weighted by molar-refractivity contribution is 5.91. The van der Waals surface area contributed by atoms with Crippen molar-refractivity contribution in [3.8, 4) is 0 Å². The number of halogens is 3. The number of alkyl halides is 3. The van der Waals surface area contributed by atoms with Gasteiger partial charge in [0.2, 0.25) is 5.95 Å². The maximum Gasteiger partial charge on any atom is 0.390 e. The number of ether oxygens (including phenoxy) is 1. The first kappa shape index (κ1) is 24.5. The zero-order chi connectivity index (χ0) is 24.3. The van der Waals surface area contributed by atoms with Crippen molar-refractivity contribution < 1.29 is 27.8 Å². The predicted molar refractivity (Wildman–Crippen MR) is 122 cm³/mol. The van der Waals surface area contributed by atoms with Gasteiger partial charge in [0.15, 0.2) is 0 Å². The number of carbonyl (C=O) groups is 1. The molecule has 0 amide bonds. The number of aliphatic hydroxyl groups is 1. The molecule has 0 spiro atoms. The highest BCUT2D eigenvalue weighted by Gasteiger charge is 2.28. The maximum absolute atomic E-state index is 12.5. The maximum atomic E-state index is 12.5. The smallest absolute Gasteiger partial charge is 0.390 e. The fourth-order valence-corrected chi connectivity index (χ4v) is 4.85. The van der Waals surface area contributed by atoms with E-state index in [0.29, 0.717) is 37.9 Å². The van der Waals surface area contributed by atoms with Crippen molar-refractivity contribution in [2.75, 3.05) is 18.5 Å². The van der Waals surface area contributed by atoms with Crippen molar-refractivity contribution in [2.24, 2.45) is 5.92 Å². The van der Waals surface area contributed by atoms with E-state index in [1.54, 1.807) is 13.1 Å². The number of carbonyl (C=O) groups excluding carboxylic acids is 1. The van der Waals surface area contributed by atoms with Gasteiger partial charge in [0.05, 0.1) is 25.0 Å². The summed E-state index contributed by atoms with van der Waals surface area (Å²) in [6.45, 7) is 1.87. The summed E-state index contributed by atoms with van der Waals surface area (Å²) in [5.74, 6) is -0.144. The van der Waals surface area contributed by atoms with E-state index in [9.17, 15) is 23.1 Å². The standard InChI is InChI=1S/C24H31F3N4O3/c1-2-34-22(33)16-5-3-15(4-6-16)20-14-31(17-7-9-18(32)10-8-17)21-19(20)13-29-23(30-21)28-12-11-24(25,26)27/h3,13-14,16-18,32H,2,4-12H2,1H3,(H,28,29,30)/t16?,17-,18-. The molecule has 2 aromatic rings. The quantitative estimate of drug-likeness (QED) is 0.541. The number of hydrogen-bond donors (Lipinski definition) is 2. The number of allylic oxidation sites excluding steroid dienone is 2. The average molecular weight is 481 g/mol. The molecule has 1 atom stereocenters. The van der Waals surface area contributed by atoms with E-state index in [2.05, 4.69) is 32.1 Å². The summed E-state index contributed by atoms with van der Waals surface area (Å²) in [5.41, 5.74) is 2.78. The summed E-state index contributed by atoms with van der Waals surface area (Å²) in [4.78, 5) is 21.0. The molecular weight excluding hydrogens is 449 g/mol. The van der Waals surface area contributed by atoms with E-state index in [1.807, 2.05) is 0 Å². The molecule has 10 heteroatoms. The Morgan fingerprint density at radius 3 is 2.68 bits per heavy atom. The van der Waals surface area contributed by atoms with Crippen LogP contribution in [-0.2, 0) is 9.53 Å². The van der Waals surface area contributed by atoms with Gasteiger partial charge >= 0.3 is 12.1 Å². The van der Waals surface area contributed by atoms with Crippen LogP contribution in [0.4, 0.5) is 19.1 Å². The zero-order valence-corrected chi connectivity index (χ0v) is 19.3. The van der Waals surface area contributed by atoms with Crippen molar-refractivity contribution in [2.45, 2.75) is 76.6 Å². The number of esters is 1. The molecule has 2 aliphatic rings. The Kier molecular flexibility index (Phi) is 7.45. The largest absolute Gasteiger partial charge is 0.466 e. The van der Waals surface area contributed by atoms with Gasteiger partial charge in [0, 0.05) is 35.9 Å². The Bertz CT molecular complexity index is 1040. The molecule has 0 radical (unpaired) electrons. The van der Waals surface area contributed by atoms with Crippen molar-refractivity contribution >= 4 is 28.5 Å². The molecule has 186 valence electrons. The SMILES string of the molecule is CCOC(=O)C1CC=C(c2cn([C@H]3CC[C@H](O)CC3)c3nc(NCCC(F)(F)F)ncc23)CC1. The highest BCUT2D eigenvalue weighted by Crippen LogP contribution is 2.38. The topological polar surface area (TPSA) is 89.3 Å². The average Bonchev–Trinajstić information content (AvgIpc) is 3.18. The number of hydrogen-bond acceptors (Lipinski definition) is 6. The zero-order valence-electron chi connectivity index (χ0n) is 19.3. The summed E-state index contributed by atoms with van der Waals surface area (Å²) in [6.07, 6.45) is 5.31. The normalized spacial score (nSPS) is 23.6. The monoisotopic (exact) mass is 480 g/mol. The third-order valence-electron chi connectivity index (χ3n) is 6.70. The number of fused-ring (bicyclic) bond motifs is 1. The third-order valence-corrected chi connectivity index (χ3v) is 6.70. The number of nitrogens with zero attached hydrogens (tertiary/aromatic N) is 3. The van der Waals surface area contributed by atoms with Crippen LogP contribution >= 0.6 is 0 Å². The van der Waals surface area contributed by atoms with Gasteiger partial charge in [-0.25, -0.2) is 4.98 Å². The molecule has 0 aliphatic heterocycles. The second-order valence-corrected chi connectivity index (χ2v) is 9.09. The fourth-order valence-electron chi connectivity index (χ4n) is 4.85. The minimum Gasteiger partial charge on any atom is -0.466 e. The van der Waals surface area contributed by atoms with Gasteiger partial charge in [0.1, 0.15) is 5.65 Å². The lowest BCUT2D eigenvalue weighted by Crippen LogP contribution is -2.21. The fraction of sp³-hybridized carbons (Fsp3) is 0.625. The Morgan fingerprint density at radius 2 is 2.03 bits per heavy atom. The number of anilines is 1. The molecule has 2 aliphatic carbocycles. The van der Waals surface area contributed by atoms with Crippen LogP contribution in [0.15, 0.2) is 18.5 Å². The van der Waals surface area contributed by atoms with Crippen LogP contribution in [0.5, 0.6) is 0 Å². The van der Waals surface area contributed by atoms with Gasteiger partial charge < -0.3 is 19.7 Å². The first-order valence-electron chi connectivity index (χ1n) is 12.0. The molecule has 4 rings (SSSR count). The lowest BCUT2D eigenvalue weighted by Gasteiger charge is -2.27. The third kappa shape index (κ3) is 5.71. The minimum atomic E-state index is -4.25. The van der Waals surface area contributed by atoms with Crippen molar-refractivity contribution in [1.82, 2.24) is 14.5 Å². The highest BCUT2D eigenvalue weighted by atomic mass is 19.4. The van der Waals surface area contributed by atoms with E-state index in [0.717, 1.165) is 35.8 Å². The summed E-state index contributed by atoms with van der Waals surface area (Å²) in [7, 11) is 0. The Balaban J connectivity index is 1.62. The molecule has 1 saturated carbocycles. The first-order valence-corrected chi connectivity index (χ1v) is 12.0. The summed E-state index contributed by atoms with van der Waals surface area (Å²) in [5, 5.41) is 13.5. The van der Waals surface area contributed by atoms with E-state index in [-0.39, 0.29) is 36.5 Å². The Morgan fingerprint density at radius 1 is 1.26 bits per heavy atom. The van der Waals surface area contributed by atoms with Crippen LogP contribution in [0.2, 0.25) is 0 Å². The van der Waals surface area contributed by atoms with Crippen molar-refractivity contribution in [1.29, 1.82) is 0 Å². The number of rotatable bonds is 7. The van der Waals surface area contributed by atoms with Crippen LogP contribution in [0.25, 0.3) is 16.6 Å². The summed E-state index contributed by atoms with van der Waals surface area (Å²) >= 11 is 0. The van der Waals surface area contributed by atoms with Gasteiger partial charge in [-0.15, -0.1) is 0 Å². The Labute approximate surface area is 196 Å². The molecule has 2 heterocycles. The number of nitrogens with one attached hydrogen (secondary N) is 1. The summed E-state index contributed by atoms with van der Waals surface area (Å²) in [6, 6.07) is 0.147. The van der Waals surface area contributed by atoms with Crippen LogP contribution in [0.3, 0.4) is 0 Å². The molecule has 7 nitrogen and oxygen atoms in total. The second kappa shape index (κ2) is 10.3. The van der Waals surface area contributed by atoms with Gasteiger partial charge in [-0.05, 0) is 57.4 Å². The molecule has 0 aromatic carbocycles.